The molecule has 0 bridgehead atoms. The Kier molecular flexibility index (Phi) is 10.5. The molecule has 0 aliphatic rings. The number of nitrogens with zero attached hydrogens (tertiary/aromatic N) is 2. The second-order valence-electron chi connectivity index (χ2n) is 9.78. The van der Waals surface area contributed by atoms with Gasteiger partial charge < -0.3 is 10.2 Å². The lowest BCUT2D eigenvalue weighted by molar-refractivity contribution is -0.140. The highest BCUT2D eigenvalue weighted by molar-refractivity contribution is 7.92. The maximum atomic E-state index is 14.0. The van der Waals surface area contributed by atoms with E-state index in [4.69, 9.17) is 11.6 Å². The van der Waals surface area contributed by atoms with Gasteiger partial charge in [-0.25, -0.2) is 8.42 Å². The fraction of sp³-hybridized carbons (Fsp3) is 0.333. The van der Waals surface area contributed by atoms with E-state index >= 15 is 0 Å². The van der Waals surface area contributed by atoms with Gasteiger partial charge in [-0.05, 0) is 55.7 Å². The molecule has 3 aromatic rings. The first-order chi connectivity index (χ1) is 18.5. The van der Waals surface area contributed by atoms with Crippen LogP contribution in [-0.2, 0) is 32.6 Å². The summed E-state index contributed by atoms with van der Waals surface area (Å²) in [5, 5.41) is 3.51. The Morgan fingerprint density at radius 1 is 0.949 bits per heavy atom. The lowest BCUT2D eigenvalue weighted by atomic mass is 10.0. The quantitative estimate of drug-likeness (QED) is 0.334. The van der Waals surface area contributed by atoms with Crippen LogP contribution in [0, 0.1) is 6.92 Å². The maximum absolute atomic E-state index is 14.0. The standard InChI is InChI=1S/C30H36ClN3O4S/c1-5-23(3)32-30(36)28(19-24-10-7-6-8-11-24)33(20-25-12-9-13-26(31)18-25)29(35)21-34(39(4,37)38)27-16-14-22(2)15-17-27/h6-18,23,28H,5,19-21H2,1-4H3,(H,32,36)/t23-,28+/m0/s1. The van der Waals surface area contributed by atoms with Crippen molar-refractivity contribution in [2.24, 2.45) is 0 Å². The average Bonchev–Trinajstić information content (AvgIpc) is 2.89. The van der Waals surface area contributed by atoms with E-state index < -0.39 is 28.5 Å². The number of sulfonamides is 1. The third-order valence-electron chi connectivity index (χ3n) is 6.52. The van der Waals surface area contributed by atoms with Crippen molar-refractivity contribution in [3.05, 3.63) is 101 Å². The van der Waals surface area contributed by atoms with Crippen molar-refractivity contribution < 1.29 is 18.0 Å². The van der Waals surface area contributed by atoms with Crippen LogP contribution in [0.15, 0.2) is 78.9 Å². The van der Waals surface area contributed by atoms with E-state index in [0.717, 1.165) is 33.7 Å². The number of aryl methyl sites for hydroxylation is 1. The van der Waals surface area contributed by atoms with E-state index in [0.29, 0.717) is 10.7 Å². The summed E-state index contributed by atoms with van der Waals surface area (Å²) in [6.45, 7) is 5.40. The van der Waals surface area contributed by atoms with Gasteiger partial charge in [0.1, 0.15) is 12.6 Å². The molecule has 9 heteroatoms. The highest BCUT2D eigenvalue weighted by atomic mass is 35.5. The molecule has 0 aromatic heterocycles. The van der Waals surface area contributed by atoms with Gasteiger partial charge in [0.2, 0.25) is 21.8 Å². The number of carbonyl (C=O) groups excluding carboxylic acids is 2. The average molecular weight is 570 g/mol. The van der Waals surface area contributed by atoms with Crippen molar-refractivity contribution in [3.8, 4) is 0 Å². The van der Waals surface area contributed by atoms with Crippen LogP contribution in [0.1, 0.15) is 37.0 Å². The second-order valence-corrected chi connectivity index (χ2v) is 12.1. The first-order valence-electron chi connectivity index (χ1n) is 12.9. The highest BCUT2D eigenvalue weighted by Gasteiger charge is 2.33. The van der Waals surface area contributed by atoms with Gasteiger partial charge in [-0.2, -0.15) is 0 Å². The van der Waals surface area contributed by atoms with Crippen LogP contribution in [0.25, 0.3) is 0 Å². The topological polar surface area (TPSA) is 86.8 Å². The van der Waals surface area contributed by atoms with E-state index in [1.54, 1.807) is 42.5 Å². The molecule has 0 heterocycles. The van der Waals surface area contributed by atoms with E-state index in [-0.39, 0.29) is 24.9 Å². The van der Waals surface area contributed by atoms with E-state index in [9.17, 15) is 18.0 Å². The number of hydrogen-bond acceptors (Lipinski definition) is 4. The number of carbonyl (C=O) groups is 2. The van der Waals surface area contributed by atoms with Crippen molar-refractivity contribution in [2.45, 2.75) is 52.2 Å². The van der Waals surface area contributed by atoms with Crippen LogP contribution >= 0.6 is 11.6 Å². The first kappa shape index (κ1) is 30.2. The molecule has 2 amide bonds. The van der Waals surface area contributed by atoms with Gasteiger partial charge in [-0.1, -0.05) is 78.7 Å². The molecular weight excluding hydrogens is 534 g/mol. The predicted molar refractivity (Wildman–Crippen MR) is 157 cm³/mol. The molecule has 3 aromatic carbocycles. The summed E-state index contributed by atoms with van der Waals surface area (Å²) in [5.41, 5.74) is 2.95. The second kappa shape index (κ2) is 13.6. The first-order valence-corrected chi connectivity index (χ1v) is 15.1. The summed E-state index contributed by atoms with van der Waals surface area (Å²) < 4.78 is 26.7. The smallest absolute Gasteiger partial charge is 0.244 e. The van der Waals surface area contributed by atoms with Crippen LogP contribution in [0.2, 0.25) is 5.02 Å². The molecule has 0 aliphatic carbocycles. The van der Waals surface area contributed by atoms with Gasteiger partial charge in [0.05, 0.1) is 11.9 Å². The number of nitrogens with one attached hydrogen (secondary N) is 1. The van der Waals surface area contributed by atoms with E-state index in [1.165, 1.54) is 4.90 Å². The fourth-order valence-corrected chi connectivity index (χ4v) is 5.21. The number of amides is 2. The largest absolute Gasteiger partial charge is 0.352 e. The van der Waals surface area contributed by atoms with Gasteiger partial charge in [0.25, 0.3) is 0 Å². The molecule has 39 heavy (non-hydrogen) atoms. The summed E-state index contributed by atoms with van der Waals surface area (Å²) in [7, 11) is -3.80. The molecule has 0 aliphatic heterocycles. The SMILES string of the molecule is CC[C@H](C)NC(=O)[C@@H](Cc1ccccc1)N(Cc1cccc(Cl)c1)C(=O)CN(c1ccc(C)cc1)S(C)(=O)=O. The minimum absolute atomic E-state index is 0.0797. The monoisotopic (exact) mass is 569 g/mol. The molecule has 0 unspecified atom stereocenters. The zero-order valence-electron chi connectivity index (χ0n) is 22.8. The van der Waals surface area contributed by atoms with Crippen molar-refractivity contribution >= 4 is 39.1 Å². The Bertz CT molecular complexity index is 1360. The number of anilines is 1. The van der Waals surface area contributed by atoms with Crippen molar-refractivity contribution in [3.63, 3.8) is 0 Å². The van der Waals surface area contributed by atoms with Crippen LogP contribution in [-0.4, -0.2) is 50.0 Å². The Morgan fingerprint density at radius 3 is 2.18 bits per heavy atom. The molecule has 0 fully saturated rings. The van der Waals surface area contributed by atoms with Gasteiger partial charge in [0.15, 0.2) is 0 Å². The van der Waals surface area contributed by atoms with Crippen LogP contribution in [0.3, 0.4) is 0 Å². The Hall–Kier alpha value is -3.36. The zero-order chi connectivity index (χ0) is 28.6. The number of benzene rings is 3. The fourth-order valence-electron chi connectivity index (χ4n) is 4.15. The van der Waals surface area contributed by atoms with Crippen molar-refractivity contribution in [2.75, 3.05) is 17.1 Å². The lowest BCUT2D eigenvalue weighted by Gasteiger charge is -2.34. The minimum atomic E-state index is -3.80. The van der Waals surface area contributed by atoms with Gasteiger partial charge >= 0.3 is 0 Å². The van der Waals surface area contributed by atoms with Crippen LogP contribution in [0.4, 0.5) is 5.69 Å². The summed E-state index contributed by atoms with van der Waals surface area (Å²) >= 11 is 6.23. The molecular formula is C30H36ClN3O4S. The summed E-state index contributed by atoms with van der Waals surface area (Å²) in [6.07, 6.45) is 2.05. The lowest BCUT2D eigenvalue weighted by Crippen LogP contribution is -2.54. The molecule has 0 saturated heterocycles. The molecule has 7 nitrogen and oxygen atoms in total. The van der Waals surface area contributed by atoms with Crippen molar-refractivity contribution in [1.29, 1.82) is 0 Å². The van der Waals surface area contributed by atoms with Gasteiger partial charge in [0, 0.05) is 24.0 Å². The minimum Gasteiger partial charge on any atom is -0.352 e. The molecule has 2 atom stereocenters. The summed E-state index contributed by atoms with van der Waals surface area (Å²) in [6, 6.07) is 22.5. The Labute approximate surface area is 236 Å². The highest BCUT2D eigenvalue weighted by Crippen LogP contribution is 2.22. The van der Waals surface area contributed by atoms with Crippen LogP contribution in [0.5, 0.6) is 0 Å². The number of halogens is 1. The molecule has 0 saturated carbocycles. The molecule has 1 N–H and O–H groups in total. The van der Waals surface area contributed by atoms with Crippen molar-refractivity contribution in [1.82, 2.24) is 10.2 Å². The van der Waals surface area contributed by atoms with Gasteiger partial charge in [-0.15, -0.1) is 0 Å². The number of rotatable bonds is 12. The summed E-state index contributed by atoms with van der Waals surface area (Å²) in [5.74, 6) is -0.800. The molecule has 208 valence electrons. The molecule has 0 spiro atoms. The van der Waals surface area contributed by atoms with Crippen LogP contribution < -0.4 is 9.62 Å². The molecule has 0 radical (unpaired) electrons. The van der Waals surface area contributed by atoms with Gasteiger partial charge in [-0.3, -0.25) is 13.9 Å². The Morgan fingerprint density at radius 2 is 1.59 bits per heavy atom. The Balaban J connectivity index is 2.05. The zero-order valence-corrected chi connectivity index (χ0v) is 24.4. The van der Waals surface area contributed by atoms with E-state index in [2.05, 4.69) is 5.32 Å². The normalized spacial score (nSPS) is 12.8. The summed E-state index contributed by atoms with van der Waals surface area (Å²) in [4.78, 5) is 29.1. The van der Waals surface area contributed by atoms with E-state index in [1.807, 2.05) is 57.2 Å². The maximum Gasteiger partial charge on any atom is 0.244 e. The predicted octanol–water partition coefficient (Wildman–Crippen LogP) is 4.97. The number of hydrogen-bond donors (Lipinski definition) is 1. The third kappa shape index (κ3) is 8.83. The third-order valence-corrected chi connectivity index (χ3v) is 7.89. The molecule has 3 rings (SSSR count).